The molecule has 6 heteroatoms. The Bertz CT molecular complexity index is 808. The Morgan fingerprint density at radius 2 is 1.66 bits per heavy atom. The van der Waals surface area contributed by atoms with Gasteiger partial charge in [0, 0.05) is 51.9 Å². The number of hydrogen-bond acceptors (Lipinski definition) is 4. The monoisotopic (exact) mass is 412 g/mol. The van der Waals surface area contributed by atoms with E-state index in [9.17, 15) is 4.79 Å². The molecule has 2 fully saturated rings. The van der Waals surface area contributed by atoms with Crippen molar-refractivity contribution in [2.45, 2.75) is 19.0 Å². The Kier molecular flexibility index (Phi) is 6.70. The molecule has 0 spiro atoms. The van der Waals surface area contributed by atoms with Gasteiger partial charge in [-0.25, -0.2) is 0 Å². The Balaban J connectivity index is 1.19. The zero-order valence-electron chi connectivity index (χ0n) is 16.8. The molecule has 4 rings (SSSR count). The maximum Gasteiger partial charge on any atom is 0.234 e. The van der Waals surface area contributed by atoms with Crippen molar-refractivity contribution in [1.82, 2.24) is 15.1 Å². The second-order valence-corrected chi connectivity index (χ2v) is 8.40. The van der Waals surface area contributed by atoms with Crippen LogP contribution in [0.2, 0.25) is 5.02 Å². The Hall–Kier alpha value is -2.08. The van der Waals surface area contributed by atoms with Gasteiger partial charge >= 0.3 is 0 Å². The van der Waals surface area contributed by atoms with Gasteiger partial charge in [-0.3, -0.25) is 14.6 Å². The highest BCUT2D eigenvalue weighted by molar-refractivity contribution is 6.33. The summed E-state index contributed by atoms with van der Waals surface area (Å²) < 4.78 is 0. The van der Waals surface area contributed by atoms with Crippen molar-refractivity contribution in [2.24, 2.45) is 0 Å². The number of carbonyl (C=O) groups excluding carboxylic acids is 1. The molecule has 0 radical (unpaired) electrons. The second-order valence-electron chi connectivity index (χ2n) is 7.99. The first-order valence-corrected chi connectivity index (χ1v) is 10.8. The Morgan fingerprint density at radius 1 is 0.931 bits per heavy atom. The molecule has 5 nitrogen and oxygen atoms in total. The highest BCUT2D eigenvalue weighted by atomic mass is 35.5. The van der Waals surface area contributed by atoms with Crippen LogP contribution in [0.1, 0.15) is 12.0 Å². The van der Waals surface area contributed by atoms with Crippen molar-refractivity contribution in [3.63, 3.8) is 0 Å². The third kappa shape index (κ3) is 5.50. The summed E-state index contributed by atoms with van der Waals surface area (Å²) in [5, 5.41) is 4.03. The summed E-state index contributed by atoms with van der Waals surface area (Å²) in [5.41, 5.74) is 2.42. The number of piperazine rings is 1. The topological polar surface area (TPSA) is 38.8 Å². The number of nitrogens with one attached hydrogen (secondary N) is 1. The lowest BCUT2D eigenvalue weighted by atomic mass is 10.2. The number of amides is 1. The van der Waals surface area contributed by atoms with Gasteiger partial charge in [0.15, 0.2) is 0 Å². The lowest BCUT2D eigenvalue weighted by Crippen LogP contribution is -2.50. The van der Waals surface area contributed by atoms with Crippen LogP contribution in [-0.4, -0.2) is 67.6 Å². The van der Waals surface area contributed by atoms with E-state index in [1.807, 2.05) is 24.3 Å². The normalized spacial score (nSPS) is 20.7. The minimum absolute atomic E-state index is 0.141. The smallest absolute Gasteiger partial charge is 0.234 e. The number of hydrogen-bond donors (Lipinski definition) is 1. The molecule has 0 aromatic heterocycles. The van der Waals surface area contributed by atoms with Crippen LogP contribution < -0.4 is 10.2 Å². The minimum Gasteiger partial charge on any atom is -0.368 e. The molecule has 2 aromatic carbocycles. The predicted molar refractivity (Wildman–Crippen MR) is 118 cm³/mol. The first-order valence-electron chi connectivity index (χ1n) is 10.4. The molecular weight excluding hydrogens is 384 g/mol. The number of para-hydroxylation sites is 1. The van der Waals surface area contributed by atoms with Crippen molar-refractivity contribution >= 4 is 23.2 Å². The van der Waals surface area contributed by atoms with Crippen molar-refractivity contribution in [2.75, 3.05) is 50.7 Å². The highest BCUT2D eigenvalue weighted by Crippen LogP contribution is 2.26. The van der Waals surface area contributed by atoms with Crippen molar-refractivity contribution in [1.29, 1.82) is 0 Å². The Labute approximate surface area is 178 Å². The number of likely N-dealkylation sites (tertiary alicyclic amines) is 1. The predicted octanol–water partition coefficient (Wildman–Crippen LogP) is 2.85. The number of nitrogens with zero attached hydrogens (tertiary/aromatic N) is 3. The van der Waals surface area contributed by atoms with Gasteiger partial charge in [0.2, 0.25) is 5.91 Å². The van der Waals surface area contributed by atoms with Gasteiger partial charge < -0.3 is 10.2 Å². The lowest BCUT2D eigenvalue weighted by Gasteiger charge is -2.36. The number of rotatable bonds is 6. The maximum atomic E-state index is 12.5. The molecule has 0 aliphatic carbocycles. The standard InChI is InChI=1S/C23H29ClN4O/c24-21-8-4-5-9-22(21)28-14-12-26(13-15-28)18-23(29)25-20-10-11-27(17-20)16-19-6-2-1-3-7-19/h1-9,20H,10-18H2,(H,25,29)/t20-/m0/s1. The molecule has 1 atom stereocenters. The van der Waals surface area contributed by atoms with Crippen LogP contribution in [0.5, 0.6) is 0 Å². The molecule has 2 aromatic rings. The van der Waals surface area contributed by atoms with E-state index in [1.165, 1.54) is 5.56 Å². The first kappa shape index (κ1) is 20.2. The van der Waals surface area contributed by atoms with E-state index in [-0.39, 0.29) is 11.9 Å². The molecule has 1 amide bonds. The molecule has 2 aliphatic heterocycles. The van der Waals surface area contributed by atoms with E-state index in [1.54, 1.807) is 0 Å². The van der Waals surface area contributed by atoms with Crippen LogP contribution >= 0.6 is 11.6 Å². The summed E-state index contributed by atoms with van der Waals surface area (Å²) in [7, 11) is 0. The molecule has 0 saturated carbocycles. The van der Waals surface area contributed by atoms with Crippen molar-refractivity contribution < 1.29 is 4.79 Å². The van der Waals surface area contributed by atoms with E-state index in [0.29, 0.717) is 6.54 Å². The van der Waals surface area contributed by atoms with Crippen LogP contribution in [-0.2, 0) is 11.3 Å². The van der Waals surface area contributed by atoms with Crippen LogP contribution in [0.15, 0.2) is 54.6 Å². The Morgan fingerprint density at radius 3 is 2.41 bits per heavy atom. The van der Waals surface area contributed by atoms with Gasteiger partial charge in [0.25, 0.3) is 0 Å². The zero-order valence-corrected chi connectivity index (χ0v) is 17.5. The van der Waals surface area contributed by atoms with Gasteiger partial charge in [-0.1, -0.05) is 54.1 Å². The van der Waals surface area contributed by atoms with Gasteiger partial charge in [0.05, 0.1) is 17.3 Å². The van der Waals surface area contributed by atoms with Gasteiger partial charge in [-0.2, -0.15) is 0 Å². The first-order chi connectivity index (χ1) is 14.2. The zero-order chi connectivity index (χ0) is 20.1. The largest absolute Gasteiger partial charge is 0.368 e. The second kappa shape index (κ2) is 9.61. The number of benzene rings is 2. The SMILES string of the molecule is O=C(CN1CCN(c2ccccc2Cl)CC1)N[C@H]1CCN(Cc2ccccc2)C1. The molecule has 2 aliphatic rings. The summed E-state index contributed by atoms with van der Waals surface area (Å²) in [5.74, 6) is 0.141. The van der Waals surface area contributed by atoms with E-state index < -0.39 is 0 Å². The van der Waals surface area contributed by atoms with Crippen LogP contribution in [0.25, 0.3) is 0 Å². The van der Waals surface area contributed by atoms with Gasteiger partial charge in [0.1, 0.15) is 0 Å². The average molecular weight is 413 g/mol. The van der Waals surface area contributed by atoms with E-state index in [2.05, 4.69) is 50.3 Å². The summed E-state index contributed by atoms with van der Waals surface area (Å²) in [6.45, 7) is 6.95. The number of carbonyl (C=O) groups is 1. The van der Waals surface area contributed by atoms with Crippen LogP contribution in [0.4, 0.5) is 5.69 Å². The fourth-order valence-corrected chi connectivity index (χ4v) is 4.52. The van der Waals surface area contributed by atoms with Crippen molar-refractivity contribution in [3.8, 4) is 0 Å². The summed E-state index contributed by atoms with van der Waals surface area (Å²) in [6.07, 6.45) is 1.03. The average Bonchev–Trinajstić information content (AvgIpc) is 3.16. The molecule has 2 heterocycles. The maximum absolute atomic E-state index is 12.5. The highest BCUT2D eigenvalue weighted by Gasteiger charge is 2.25. The molecule has 0 unspecified atom stereocenters. The van der Waals surface area contributed by atoms with E-state index in [4.69, 9.17) is 11.6 Å². The molecule has 1 N–H and O–H groups in total. The molecule has 29 heavy (non-hydrogen) atoms. The van der Waals surface area contributed by atoms with Crippen LogP contribution in [0, 0.1) is 0 Å². The number of halogens is 1. The molecule has 0 bridgehead atoms. The third-order valence-corrected chi connectivity index (χ3v) is 6.14. The summed E-state index contributed by atoms with van der Waals surface area (Å²) in [4.78, 5) is 19.5. The molecule has 2 saturated heterocycles. The van der Waals surface area contributed by atoms with Crippen molar-refractivity contribution in [3.05, 3.63) is 65.2 Å². The van der Waals surface area contributed by atoms with Crippen LogP contribution in [0.3, 0.4) is 0 Å². The summed E-state index contributed by atoms with van der Waals surface area (Å²) >= 11 is 6.31. The van der Waals surface area contributed by atoms with Gasteiger partial charge in [-0.05, 0) is 24.1 Å². The fraction of sp³-hybridized carbons (Fsp3) is 0.435. The lowest BCUT2D eigenvalue weighted by molar-refractivity contribution is -0.122. The molecule has 154 valence electrons. The van der Waals surface area contributed by atoms with Gasteiger partial charge in [-0.15, -0.1) is 0 Å². The minimum atomic E-state index is 0.141. The van der Waals surface area contributed by atoms with E-state index in [0.717, 1.165) is 62.9 Å². The molecular formula is C23H29ClN4O. The summed E-state index contributed by atoms with van der Waals surface area (Å²) in [6, 6.07) is 18.8. The fourth-order valence-electron chi connectivity index (χ4n) is 4.27. The number of anilines is 1. The quantitative estimate of drug-likeness (QED) is 0.791. The van der Waals surface area contributed by atoms with E-state index >= 15 is 0 Å². The third-order valence-electron chi connectivity index (χ3n) is 5.82.